The van der Waals surface area contributed by atoms with Gasteiger partial charge in [0.15, 0.2) is 6.04 Å². The number of halogens is 5. The van der Waals surface area contributed by atoms with Gasteiger partial charge in [-0.25, -0.2) is 8.78 Å². The van der Waals surface area contributed by atoms with E-state index in [1.54, 1.807) is 18.2 Å². The number of carbonyl (C=O) groups excluding carboxylic acids is 1. The fourth-order valence-corrected chi connectivity index (χ4v) is 3.72. The van der Waals surface area contributed by atoms with E-state index in [9.17, 15) is 26.7 Å². The number of nitrogens with zero attached hydrogens (tertiary/aromatic N) is 2. The second-order valence-corrected chi connectivity index (χ2v) is 7.34. The van der Waals surface area contributed by atoms with Gasteiger partial charge in [-0.15, -0.1) is 0 Å². The number of rotatable bonds is 4. The number of anilines is 1. The van der Waals surface area contributed by atoms with Crippen LogP contribution in [0.4, 0.5) is 27.6 Å². The number of nitrogens with two attached hydrogens (primary N) is 1. The molecule has 1 fully saturated rings. The predicted octanol–water partition coefficient (Wildman–Crippen LogP) is 3.39. The summed E-state index contributed by atoms with van der Waals surface area (Å²) in [6.45, 7) is 2.71. The highest BCUT2D eigenvalue weighted by Gasteiger charge is 2.43. The normalized spacial score (nSPS) is 21.4. The number of carbonyl (C=O) groups is 1. The van der Waals surface area contributed by atoms with Crippen LogP contribution in [0.1, 0.15) is 25.3 Å². The standard InChI is InChI=1S/C19H21F5N4O/c1-10-7-11(27-18(29)16(25)19(22,23)24)9-28(8-10)14-5-4-13(17(20)21)15-12(14)3-2-6-26-15/h2-6,10-11,16-17H,7-9,25H2,1H3,(H,27,29)/t10-,11+,16?/m0/s1. The zero-order valence-electron chi connectivity index (χ0n) is 15.6. The van der Waals surface area contributed by atoms with Crippen molar-refractivity contribution in [1.29, 1.82) is 0 Å². The van der Waals surface area contributed by atoms with Crippen molar-refractivity contribution in [2.45, 2.75) is 38.0 Å². The van der Waals surface area contributed by atoms with Crippen LogP contribution in [-0.4, -0.2) is 42.2 Å². The Balaban J connectivity index is 1.86. The zero-order chi connectivity index (χ0) is 21.3. The second-order valence-electron chi connectivity index (χ2n) is 7.34. The van der Waals surface area contributed by atoms with Gasteiger partial charge >= 0.3 is 6.18 Å². The van der Waals surface area contributed by atoms with Crippen molar-refractivity contribution in [3.05, 3.63) is 36.0 Å². The number of aromatic nitrogens is 1. The minimum absolute atomic E-state index is 0.0534. The molecular formula is C19H21F5N4O. The molecule has 0 spiro atoms. The quantitative estimate of drug-likeness (QED) is 0.750. The Kier molecular flexibility index (Phi) is 5.92. The number of amides is 1. The molecule has 158 valence electrons. The van der Waals surface area contributed by atoms with Crippen LogP contribution in [0.2, 0.25) is 0 Å². The van der Waals surface area contributed by atoms with Crippen molar-refractivity contribution in [2.24, 2.45) is 11.7 Å². The Bertz CT molecular complexity index is 889. The molecule has 1 aliphatic rings. The number of piperidine rings is 1. The SMILES string of the molecule is C[C@H]1C[C@@H](NC(=O)C(N)C(F)(F)F)CN(c2ccc(C(F)F)c3ncccc23)C1. The van der Waals surface area contributed by atoms with E-state index in [2.05, 4.69) is 10.3 Å². The molecule has 1 aliphatic heterocycles. The van der Waals surface area contributed by atoms with Crippen LogP contribution in [0.3, 0.4) is 0 Å². The molecule has 2 aromatic rings. The molecule has 1 saturated heterocycles. The van der Waals surface area contributed by atoms with E-state index < -0.39 is 30.6 Å². The third-order valence-corrected chi connectivity index (χ3v) is 4.99. The Morgan fingerprint density at radius 2 is 2.00 bits per heavy atom. The number of alkyl halides is 5. The van der Waals surface area contributed by atoms with E-state index in [4.69, 9.17) is 5.73 Å². The minimum Gasteiger partial charge on any atom is -0.369 e. The van der Waals surface area contributed by atoms with Gasteiger partial charge in [-0.05, 0) is 36.6 Å². The lowest BCUT2D eigenvalue weighted by Gasteiger charge is -2.39. The lowest BCUT2D eigenvalue weighted by Crippen LogP contribution is -2.57. The van der Waals surface area contributed by atoms with Crippen molar-refractivity contribution < 1.29 is 26.7 Å². The van der Waals surface area contributed by atoms with Gasteiger partial charge in [-0.3, -0.25) is 9.78 Å². The van der Waals surface area contributed by atoms with Crippen molar-refractivity contribution in [3.63, 3.8) is 0 Å². The Morgan fingerprint density at radius 3 is 2.66 bits per heavy atom. The summed E-state index contributed by atoms with van der Waals surface area (Å²) in [5.74, 6) is -1.23. The van der Waals surface area contributed by atoms with Crippen LogP contribution >= 0.6 is 0 Å². The summed E-state index contributed by atoms with van der Waals surface area (Å²) in [4.78, 5) is 17.8. The van der Waals surface area contributed by atoms with Crippen LogP contribution < -0.4 is 16.0 Å². The highest BCUT2D eigenvalue weighted by molar-refractivity contribution is 5.94. The maximum atomic E-state index is 13.3. The molecule has 3 N–H and O–H groups in total. The number of nitrogens with one attached hydrogen (secondary N) is 1. The number of hydrogen-bond acceptors (Lipinski definition) is 4. The topological polar surface area (TPSA) is 71.2 Å². The highest BCUT2D eigenvalue weighted by atomic mass is 19.4. The Hall–Kier alpha value is -2.49. The second kappa shape index (κ2) is 8.10. The first kappa shape index (κ1) is 21.2. The molecule has 0 saturated carbocycles. The van der Waals surface area contributed by atoms with E-state index in [0.717, 1.165) is 0 Å². The van der Waals surface area contributed by atoms with Gasteiger partial charge in [0.05, 0.1) is 5.52 Å². The van der Waals surface area contributed by atoms with Gasteiger partial charge in [-0.1, -0.05) is 6.92 Å². The van der Waals surface area contributed by atoms with Crippen molar-refractivity contribution in [1.82, 2.24) is 10.3 Å². The number of benzene rings is 1. The molecule has 10 heteroatoms. The van der Waals surface area contributed by atoms with Crippen LogP contribution in [0.5, 0.6) is 0 Å². The van der Waals surface area contributed by atoms with Crippen molar-refractivity contribution in [2.75, 3.05) is 18.0 Å². The molecular weight excluding hydrogens is 395 g/mol. The maximum Gasteiger partial charge on any atom is 0.412 e. The fourth-order valence-electron chi connectivity index (χ4n) is 3.72. The molecule has 5 nitrogen and oxygen atoms in total. The minimum atomic E-state index is -4.82. The molecule has 29 heavy (non-hydrogen) atoms. The van der Waals surface area contributed by atoms with Gasteiger partial charge in [0.2, 0.25) is 5.91 Å². The van der Waals surface area contributed by atoms with E-state index in [1.165, 1.54) is 12.3 Å². The largest absolute Gasteiger partial charge is 0.412 e. The third kappa shape index (κ3) is 4.58. The third-order valence-electron chi connectivity index (χ3n) is 4.99. The molecule has 0 bridgehead atoms. The van der Waals surface area contributed by atoms with E-state index in [-0.39, 0.29) is 23.5 Å². The molecule has 3 atom stereocenters. The summed E-state index contributed by atoms with van der Waals surface area (Å²) < 4.78 is 64.7. The summed E-state index contributed by atoms with van der Waals surface area (Å²) in [6.07, 6.45) is -5.59. The monoisotopic (exact) mass is 416 g/mol. The number of fused-ring (bicyclic) bond motifs is 1. The van der Waals surface area contributed by atoms with Crippen molar-refractivity contribution >= 4 is 22.5 Å². The van der Waals surface area contributed by atoms with Crippen LogP contribution in [0.25, 0.3) is 10.9 Å². The van der Waals surface area contributed by atoms with E-state index in [1.807, 2.05) is 11.8 Å². The highest BCUT2D eigenvalue weighted by Crippen LogP contribution is 2.34. The lowest BCUT2D eigenvalue weighted by molar-refractivity contribution is -0.163. The average Bonchev–Trinajstić information content (AvgIpc) is 2.65. The summed E-state index contributed by atoms with van der Waals surface area (Å²) >= 11 is 0. The molecule has 0 aliphatic carbocycles. The van der Waals surface area contributed by atoms with Crippen LogP contribution in [-0.2, 0) is 4.79 Å². The summed E-state index contributed by atoms with van der Waals surface area (Å²) in [5, 5.41) is 2.90. The maximum absolute atomic E-state index is 13.3. The first-order valence-electron chi connectivity index (χ1n) is 9.11. The molecule has 0 radical (unpaired) electrons. The van der Waals surface area contributed by atoms with Gasteiger partial charge in [0.25, 0.3) is 6.43 Å². The summed E-state index contributed by atoms with van der Waals surface area (Å²) in [7, 11) is 0. The van der Waals surface area contributed by atoms with Crippen LogP contribution in [0.15, 0.2) is 30.5 Å². The van der Waals surface area contributed by atoms with E-state index in [0.29, 0.717) is 24.0 Å². The molecule has 1 aromatic heterocycles. The van der Waals surface area contributed by atoms with Gasteiger partial charge in [-0.2, -0.15) is 13.2 Å². The lowest BCUT2D eigenvalue weighted by atomic mass is 9.94. The van der Waals surface area contributed by atoms with Crippen molar-refractivity contribution in [3.8, 4) is 0 Å². The van der Waals surface area contributed by atoms with Gasteiger partial charge in [0, 0.05) is 42.0 Å². The van der Waals surface area contributed by atoms with E-state index >= 15 is 0 Å². The smallest absolute Gasteiger partial charge is 0.369 e. The zero-order valence-corrected chi connectivity index (χ0v) is 15.6. The summed E-state index contributed by atoms with van der Waals surface area (Å²) in [6, 6.07) is 3.03. The fraction of sp³-hybridized carbons (Fsp3) is 0.474. The van der Waals surface area contributed by atoms with Crippen LogP contribution in [0, 0.1) is 5.92 Å². The Morgan fingerprint density at radius 1 is 1.28 bits per heavy atom. The van der Waals surface area contributed by atoms with Gasteiger partial charge in [0.1, 0.15) is 0 Å². The number of pyridine rings is 1. The number of hydrogen-bond donors (Lipinski definition) is 2. The first-order valence-corrected chi connectivity index (χ1v) is 9.11. The average molecular weight is 416 g/mol. The van der Waals surface area contributed by atoms with Gasteiger partial charge < -0.3 is 16.0 Å². The summed E-state index contributed by atoms with van der Waals surface area (Å²) in [5.41, 5.74) is 5.62. The Labute approximate surface area is 164 Å². The predicted molar refractivity (Wildman–Crippen MR) is 98.7 cm³/mol. The molecule has 1 aromatic carbocycles. The first-order chi connectivity index (χ1) is 13.6. The molecule has 2 heterocycles. The molecule has 1 amide bonds. The molecule has 3 rings (SSSR count). The molecule has 1 unspecified atom stereocenters.